The third-order valence-corrected chi connectivity index (χ3v) is 6.58. The van der Waals surface area contributed by atoms with E-state index in [2.05, 4.69) is 17.4 Å². The summed E-state index contributed by atoms with van der Waals surface area (Å²) in [6.07, 6.45) is 1.14. The number of nitrogens with one attached hydrogen (secondary N) is 1. The van der Waals surface area contributed by atoms with Crippen molar-refractivity contribution < 1.29 is 19.1 Å². The molecule has 0 saturated heterocycles. The summed E-state index contributed by atoms with van der Waals surface area (Å²) < 4.78 is 10.5. The van der Waals surface area contributed by atoms with Gasteiger partial charge in [0.15, 0.2) is 5.78 Å². The first-order valence-corrected chi connectivity index (χ1v) is 11.6. The van der Waals surface area contributed by atoms with Crippen molar-refractivity contribution in [2.24, 2.45) is 0 Å². The molecule has 0 spiro atoms. The normalized spacial score (nSPS) is 20.1. The van der Waals surface area contributed by atoms with Gasteiger partial charge in [-0.15, -0.1) is 0 Å². The van der Waals surface area contributed by atoms with Gasteiger partial charge in [-0.1, -0.05) is 42.5 Å². The fraction of sp³-hybridized carbons (Fsp3) is 0.357. The Bertz CT molecular complexity index is 1120. The third kappa shape index (κ3) is 4.77. The number of anilines is 1. The van der Waals surface area contributed by atoms with Crippen LogP contribution in [0.4, 0.5) is 5.69 Å². The van der Waals surface area contributed by atoms with Gasteiger partial charge in [-0.05, 0) is 42.5 Å². The molecular formula is C28H32N2O4. The van der Waals surface area contributed by atoms with Crippen LogP contribution in [0.1, 0.15) is 42.7 Å². The molecule has 2 unspecified atom stereocenters. The van der Waals surface area contributed by atoms with E-state index in [1.165, 1.54) is 0 Å². The molecule has 2 aliphatic rings. The molecule has 1 heterocycles. The van der Waals surface area contributed by atoms with Crippen molar-refractivity contribution in [1.29, 1.82) is 0 Å². The number of carbonyl (C=O) groups is 2. The minimum absolute atomic E-state index is 0.0685. The Balaban J connectivity index is 1.75. The number of ketones is 1. The smallest absolute Gasteiger partial charge is 0.336 e. The lowest BCUT2D eigenvalue weighted by Gasteiger charge is -2.36. The van der Waals surface area contributed by atoms with E-state index in [9.17, 15) is 9.59 Å². The number of hydrogen-bond acceptors (Lipinski definition) is 6. The maximum atomic E-state index is 13.6. The van der Waals surface area contributed by atoms with Gasteiger partial charge in [-0.3, -0.25) is 4.79 Å². The van der Waals surface area contributed by atoms with Crippen LogP contribution in [0.3, 0.4) is 0 Å². The van der Waals surface area contributed by atoms with Crippen molar-refractivity contribution in [2.45, 2.75) is 31.6 Å². The molecule has 1 N–H and O–H groups in total. The van der Waals surface area contributed by atoms with Crippen LogP contribution in [0.5, 0.6) is 0 Å². The van der Waals surface area contributed by atoms with Gasteiger partial charge in [-0.25, -0.2) is 4.79 Å². The molecule has 0 saturated carbocycles. The van der Waals surface area contributed by atoms with Gasteiger partial charge in [-0.2, -0.15) is 0 Å². The second-order valence-electron chi connectivity index (χ2n) is 9.04. The lowest BCUT2D eigenvalue weighted by atomic mass is 9.71. The van der Waals surface area contributed by atoms with Crippen molar-refractivity contribution in [3.05, 3.63) is 88.3 Å². The Morgan fingerprint density at radius 3 is 2.35 bits per heavy atom. The van der Waals surface area contributed by atoms with Crippen molar-refractivity contribution in [1.82, 2.24) is 5.32 Å². The van der Waals surface area contributed by atoms with Crippen LogP contribution >= 0.6 is 0 Å². The summed E-state index contributed by atoms with van der Waals surface area (Å²) in [5, 5.41) is 3.40. The highest BCUT2D eigenvalue weighted by Crippen LogP contribution is 2.45. The Morgan fingerprint density at radius 1 is 1.00 bits per heavy atom. The van der Waals surface area contributed by atoms with Gasteiger partial charge in [0.2, 0.25) is 0 Å². The molecule has 2 aromatic rings. The van der Waals surface area contributed by atoms with Gasteiger partial charge >= 0.3 is 5.97 Å². The Hall–Kier alpha value is -3.38. The summed E-state index contributed by atoms with van der Waals surface area (Å²) in [5.41, 5.74) is 5.90. The van der Waals surface area contributed by atoms with Crippen molar-refractivity contribution in [3.8, 4) is 0 Å². The monoisotopic (exact) mass is 460 g/mol. The number of methoxy groups -OCH3 is 1. The van der Waals surface area contributed by atoms with Crippen LogP contribution in [-0.4, -0.2) is 46.2 Å². The molecule has 6 heteroatoms. The average molecular weight is 461 g/mol. The number of benzene rings is 2. The highest BCUT2D eigenvalue weighted by molar-refractivity contribution is 6.04. The third-order valence-electron chi connectivity index (χ3n) is 6.58. The van der Waals surface area contributed by atoms with Gasteiger partial charge < -0.3 is 19.7 Å². The van der Waals surface area contributed by atoms with Crippen molar-refractivity contribution >= 4 is 17.4 Å². The number of esters is 1. The highest BCUT2D eigenvalue weighted by atomic mass is 16.6. The predicted molar refractivity (Wildman–Crippen MR) is 133 cm³/mol. The number of allylic oxidation sites excluding steroid dienone is 3. The largest absolute Gasteiger partial charge is 0.460 e. The summed E-state index contributed by atoms with van der Waals surface area (Å²) >= 11 is 0. The molecule has 0 radical (unpaired) electrons. The number of nitrogens with zero attached hydrogens (tertiary/aromatic N) is 1. The molecule has 1 aliphatic heterocycles. The summed E-state index contributed by atoms with van der Waals surface area (Å²) in [6, 6.07) is 18.2. The maximum absolute atomic E-state index is 13.6. The minimum Gasteiger partial charge on any atom is -0.460 e. The molecule has 1 aliphatic carbocycles. The number of ether oxygens (including phenoxy) is 2. The number of carbonyl (C=O) groups excluding carboxylic acids is 2. The number of Topliss-reactive ketones (excluding diaryl/α,β-unsaturated/α-hetero) is 1. The molecular weight excluding hydrogens is 428 g/mol. The predicted octanol–water partition coefficient (Wildman–Crippen LogP) is 4.30. The quantitative estimate of drug-likeness (QED) is 0.491. The fourth-order valence-corrected chi connectivity index (χ4v) is 4.86. The van der Waals surface area contributed by atoms with E-state index in [0.29, 0.717) is 24.2 Å². The van der Waals surface area contributed by atoms with Crippen LogP contribution in [0.15, 0.2) is 77.1 Å². The van der Waals surface area contributed by atoms with Crippen LogP contribution in [0.2, 0.25) is 0 Å². The van der Waals surface area contributed by atoms with E-state index in [1.54, 1.807) is 7.11 Å². The zero-order chi connectivity index (χ0) is 24.2. The van der Waals surface area contributed by atoms with Gasteiger partial charge in [0.05, 0.1) is 12.2 Å². The number of dihydropyridines is 1. The topological polar surface area (TPSA) is 67.9 Å². The second kappa shape index (κ2) is 10.3. The molecule has 178 valence electrons. The zero-order valence-electron chi connectivity index (χ0n) is 20.3. The molecule has 2 atom stereocenters. The first-order chi connectivity index (χ1) is 16.4. The van der Waals surface area contributed by atoms with Crippen molar-refractivity contribution in [3.63, 3.8) is 0 Å². The molecule has 0 aromatic heterocycles. The molecule has 0 fully saturated rings. The number of hydrogen-bond donors (Lipinski definition) is 1. The number of rotatable bonds is 7. The van der Waals surface area contributed by atoms with Gasteiger partial charge in [0, 0.05) is 56.2 Å². The molecule has 34 heavy (non-hydrogen) atoms. The molecule has 0 bridgehead atoms. The molecule has 6 nitrogen and oxygen atoms in total. The Labute approximate surface area is 201 Å². The summed E-state index contributed by atoms with van der Waals surface area (Å²) in [5.74, 6) is -0.710. The van der Waals surface area contributed by atoms with Crippen LogP contribution in [0, 0.1) is 0 Å². The van der Waals surface area contributed by atoms with E-state index < -0.39 is 11.9 Å². The van der Waals surface area contributed by atoms with E-state index in [1.807, 2.05) is 68.4 Å². The summed E-state index contributed by atoms with van der Waals surface area (Å²) in [4.78, 5) is 28.8. The summed E-state index contributed by atoms with van der Waals surface area (Å²) in [7, 11) is 5.53. The van der Waals surface area contributed by atoms with E-state index in [0.717, 1.165) is 34.6 Å². The van der Waals surface area contributed by atoms with Crippen LogP contribution < -0.4 is 10.2 Å². The van der Waals surface area contributed by atoms with Crippen molar-refractivity contribution in [2.75, 3.05) is 39.3 Å². The van der Waals surface area contributed by atoms with E-state index in [4.69, 9.17) is 9.47 Å². The maximum Gasteiger partial charge on any atom is 0.336 e. The van der Waals surface area contributed by atoms with E-state index in [-0.39, 0.29) is 18.3 Å². The molecule has 0 amide bonds. The Morgan fingerprint density at radius 2 is 1.71 bits per heavy atom. The standard InChI is InChI=1S/C28H32N2O4/c1-18-25(28(32)34-15-14-33-4)26(20-10-12-22(13-11-20)30(2)3)27-23(29-18)16-21(17-24(27)31)19-8-6-5-7-9-19/h5-13,21,26,29H,14-17H2,1-4H3. The zero-order valence-corrected chi connectivity index (χ0v) is 20.3. The van der Waals surface area contributed by atoms with Crippen LogP contribution in [0.25, 0.3) is 0 Å². The first kappa shape index (κ1) is 23.8. The lowest BCUT2D eigenvalue weighted by Crippen LogP contribution is -2.36. The van der Waals surface area contributed by atoms with Crippen LogP contribution in [-0.2, 0) is 19.1 Å². The molecule has 4 rings (SSSR count). The SMILES string of the molecule is COCCOC(=O)C1=C(C)NC2=C(C(=O)CC(c3ccccc3)C2)C1c1ccc(N(C)C)cc1. The molecule has 2 aromatic carbocycles. The van der Waals surface area contributed by atoms with Gasteiger partial charge in [0.1, 0.15) is 6.61 Å². The minimum atomic E-state index is -0.466. The van der Waals surface area contributed by atoms with E-state index >= 15 is 0 Å². The Kier molecular flexibility index (Phi) is 7.17. The summed E-state index contributed by atoms with van der Waals surface area (Å²) in [6.45, 7) is 2.36. The first-order valence-electron chi connectivity index (χ1n) is 11.6. The average Bonchev–Trinajstić information content (AvgIpc) is 2.83. The fourth-order valence-electron chi connectivity index (χ4n) is 4.86. The highest BCUT2D eigenvalue weighted by Gasteiger charge is 2.41. The second-order valence-corrected chi connectivity index (χ2v) is 9.04. The van der Waals surface area contributed by atoms with Gasteiger partial charge in [0.25, 0.3) is 0 Å². The lowest BCUT2D eigenvalue weighted by molar-refractivity contribution is -0.140.